The maximum absolute atomic E-state index is 12.5. The molecule has 1 fully saturated rings. The van der Waals surface area contributed by atoms with Crippen LogP contribution in [0.15, 0.2) is 18.2 Å². The van der Waals surface area contributed by atoms with Gasteiger partial charge >= 0.3 is 0 Å². The first-order chi connectivity index (χ1) is 9.13. The van der Waals surface area contributed by atoms with Crippen LogP contribution in [-0.2, 0) is 0 Å². The molecule has 1 aliphatic heterocycles. The zero-order valence-electron chi connectivity index (χ0n) is 10.8. The fraction of sp³-hybridized carbons (Fsp3) is 0.500. The summed E-state index contributed by atoms with van der Waals surface area (Å²) in [5.74, 6) is -0.0320. The molecule has 1 atom stereocenters. The maximum atomic E-state index is 12.5. The van der Waals surface area contributed by atoms with Gasteiger partial charge in [0.25, 0.3) is 5.91 Å². The molecule has 0 bridgehead atoms. The number of hydrogen-bond donors (Lipinski definition) is 2. The lowest BCUT2D eigenvalue weighted by Crippen LogP contribution is -2.44. The van der Waals surface area contributed by atoms with Crippen LogP contribution in [0, 0.1) is 0 Å². The van der Waals surface area contributed by atoms with E-state index in [2.05, 4.69) is 0 Å². The molecule has 1 aromatic rings. The number of rotatable bonds is 3. The van der Waals surface area contributed by atoms with Crippen molar-refractivity contribution >= 4 is 17.5 Å². The molecular weight excluding hydrogens is 264 g/mol. The van der Waals surface area contributed by atoms with Crippen molar-refractivity contribution in [1.82, 2.24) is 4.90 Å². The second kappa shape index (κ2) is 6.26. The summed E-state index contributed by atoms with van der Waals surface area (Å²) in [6.07, 6.45) is 4.01. The summed E-state index contributed by atoms with van der Waals surface area (Å²) in [6.45, 7) is 1.35. The van der Waals surface area contributed by atoms with E-state index in [0.29, 0.717) is 12.1 Å². The standard InChI is InChI=1S/C14H19ClN2O2/c15-12-9-10(4-5-13(12)18)14(19)17-8-2-1-3-11(17)6-7-16/h4-5,9,11,18H,1-3,6-8,16H2. The topological polar surface area (TPSA) is 66.6 Å². The van der Waals surface area contributed by atoms with Crippen molar-refractivity contribution in [1.29, 1.82) is 0 Å². The summed E-state index contributed by atoms with van der Waals surface area (Å²) in [6, 6.07) is 4.81. The Bertz CT molecular complexity index is 463. The molecule has 4 nitrogen and oxygen atoms in total. The summed E-state index contributed by atoms with van der Waals surface area (Å²) in [7, 11) is 0. The van der Waals surface area contributed by atoms with Gasteiger partial charge in [0.05, 0.1) is 5.02 Å². The zero-order chi connectivity index (χ0) is 13.8. The minimum atomic E-state index is -0.0277. The molecule has 1 unspecified atom stereocenters. The average Bonchev–Trinajstić information content (AvgIpc) is 2.42. The molecule has 5 heteroatoms. The number of piperidine rings is 1. The molecule has 1 heterocycles. The van der Waals surface area contributed by atoms with Crippen molar-refractivity contribution in [2.45, 2.75) is 31.7 Å². The van der Waals surface area contributed by atoms with Gasteiger partial charge in [-0.05, 0) is 50.4 Å². The van der Waals surface area contributed by atoms with E-state index < -0.39 is 0 Å². The van der Waals surface area contributed by atoms with Gasteiger partial charge in [0.2, 0.25) is 0 Å². The highest BCUT2D eigenvalue weighted by Crippen LogP contribution is 2.26. The molecule has 0 saturated carbocycles. The Labute approximate surface area is 118 Å². The van der Waals surface area contributed by atoms with Gasteiger partial charge in [-0.3, -0.25) is 4.79 Å². The van der Waals surface area contributed by atoms with Gasteiger partial charge in [-0.25, -0.2) is 0 Å². The minimum Gasteiger partial charge on any atom is -0.506 e. The number of phenolic OH excluding ortho intramolecular Hbond substituents is 1. The Morgan fingerprint density at radius 3 is 2.95 bits per heavy atom. The van der Waals surface area contributed by atoms with E-state index in [1.807, 2.05) is 4.90 Å². The van der Waals surface area contributed by atoms with Crippen LogP contribution in [0.2, 0.25) is 5.02 Å². The van der Waals surface area contributed by atoms with Gasteiger partial charge in [0.15, 0.2) is 0 Å². The number of hydrogen-bond acceptors (Lipinski definition) is 3. The molecule has 1 aliphatic rings. The fourth-order valence-corrected chi connectivity index (χ4v) is 2.75. The first kappa shape index (κ1) is 14.2. The predicted molar refractivity (Wildman–Crippen MR) is 75.5 cm³/mol. The molecule has 0 spiro atoms. The number of nitrogens with two attached hydrogens (primary N) is 1. The monoisotopic (exact) mass is 282 g/mol. The molecule has 0 aliphatic carbocycles. The van der Waals surface area contributed by atoms with Gasteiger partial charge in [0.1, 0.15) is 5.75 Å². The second-order valence-electron chi connectivity index (χ2n) is 4.89. The lowest BCUT2D eigenvalue weighted by molar-refractivity contribution is 0.0605. The number of amides is 1. The lowest BCUT2D eigenvalue weighted by Gasteiger charge is -2.35. The largest absolute Gasteiger partial charge is 0.506 e. The zero-order valence-corrected chi connectivity index (χ0v) is 11.6. The maximum Gasteiger partial charge on any atom is 0.254 e. The molecule has 3 N–H and O–H groups in total. The smallest absolute Gasteiger partial charge is 0.254 e. The van der Waals surface area contributed by atoms with Crippen molar-refractivity contribution < 1.29 is 9.90 Å². The summed E-state index contributed by atoms with van der Waals surface area (Å²) in [5, 5.41) is 9.61. The van der Waals surface area contributed by atoms with E-state index in [1.165, 1.54) is 12.1 Å². The number of carbonyl (C=O) groups excluding carboxylic acids is 1. The molecule has 0 aromatic heterocycles. The van der Waals surface area contributed by atoms with E-state index in [1.54, 1.807) is 6.07 Å². The normalized spacial score (nSPS) is 19.5. The number of carbonyl (C=O) groups is 1. The molecule has 1 amide bonds. The van der Waals surface area contributed by atoms with Gasteiger partial charge in [-0.15, -0.1) is 0 Å². The van der Waals surface area contributed by atoms with E-state index in [0.717, 1.165) is 32.2 Å². The number of halogens is 1. The Morgan fingerprint density at radius 1 is 1.47 bits per heavy atom. The van der Waals surface area contributed by atoms with Crippen molar-refractivity contribution in [2.24, 2.45) is 5.73 Å². The van der Waals surface area contributed by atoms with Crippen molar-refractivity contribution in [2.75, 3.05) is 13.1 Å². The van der Waals surface area contributed by atoms with Crippen LogP contribution in [-0.4, -0.2) is 35.0 Å². The van der Waals surface area contributed by atoms with Crippen molar-refractivity contribution in [3.63, 3.8) is 0 Å². The average molecular weight is 283 g/mol. The quantitative estimate of drug-likeness (QED) is 0.894. The van der Waals surface area contributed by atoms with E-state index in [4.69, 9.17) is 17.3 Å². The Balaban J connectivity index is 2.18. The highest BCUT2D eigenvalue weighted by atomic mass is 35.5. The van der Waals surface area contributed by atoms with Gasteiger partial charge in [0, 0.05) is 18.2 Å². The van der Waals surface area contributed by atoms with Crippen LogP contribution in [0.3, 0.4) is 0 Å². The molecule has 19 heavy (non-hydrogen) atoms. The van der Waals surface area contributed by atoms with Crippen molar-refractivity contribution in [3.05, 3.63) is 28.8 Å². The Kier molecular flexibility index (Phi) is 4.66. The second-order valence-corrected chi connectivity index (χ2v) is 5.30. The predicted octanol–water partition coefficient (Wildman–Crippen LogP) is 2.39. The summed E-state index contributed by atoms with van der Waals surface area (Å²) < 4.78 is 0. The Hall–Kier alpha value is -1.26. The first-order valence-corrected chi connectivity index (χ1v) is 7.01. The van der Waals surface area contributed by atoms with E-state index in [-0.39, 0.29) is 22.7 Å². The molecule has 1 aromatic carbocycles. The van der Waals surface area contributed by atoms with Crippen molar-refractivity contribution in [3.8, 4) is 5.75 Å². The molecular formula is C14H19ClN2O2. The lowest BCUT2D eigenvalue weighted by atomic mass is 9.98. The third-order valence-corrected chi connectivity index (χ3v) is 3.89. The van der Waals surface area contributed by atoms with E-state index >= 15 is 0 Å². The van der Waals surface area contributed by atoms with E-state index in [9.17, 15) is 9.90 Å². The summed E-state index contributed by atoms with van der Waals surface area (Å²) in [5.41, 5.74) is 6.13. The van der Waals surface area contributed by atoms with Crippen LogP contribution < -0.4 is 5.73 Å². The molecule has 2 rings (SSSR count). The number of benzene rings is 1. The highest BCUT2D eigenvalue weighted by Gasteiger charge is 2.27. The van der Waals surface area contributed by atoms with Gasteiger partial charge < -0.3 is 15.7 Å². The third kappa shape index (κ3) is 3.19. The minimum absolute atomic E-state index is 0.00429. The fourth-order valence-electron chi connectivity index (χ4n) is 2.57. The summed E-state index contributed by atoms with van der Waals surface area (Å²) in [4.78, 5) is 14.4. The van der Waals surface area contributed by atoms with Gasteiger partial charge in [-0.2, -0.15) is 0 Å². The number of phenols is 1. The Morgan fingerprint density at radius 2 is 2.26 bits per heavy atom. The SMILES string of the molecule is NCCC1CCCCN1C(=O)c1ccc(O)c(Cl)c1. The van der Waals surface area contributed by atoms with Crippen LogP contribution in [0.5, 0.6) is 5.75 Å². The van der Waals surface area contributed by atoms with Crippen LogP contribution >= 0.6 is 11.6 Å². The molecule has 0 radical (unpaired) electrons. The first-order valence-electron chi connectivity index (χ1n) is 6.63. The van der Waals surface area contributed by atoms with Crippen LogP contribution in [0.1, 0.15) is 36.0 Å². The number of likely N-dealkylation sites (tertiary alicyclic amines) is 1. The van der Waals surface area contributed by atoms with Crippen LogP contribution in [0.25, 0.3) is 0 Å². The number of nitrogens with zero attached hydrogens (tertiary/aromatic N) is 1. The highest BCUT2D eigenvalue weighted by molar-refractivity contribution is 6.32. The third-order valence-electron chi connectivity index (χ3n) is 3.58. The van der Waals surface area contributed by atoms with Gasteiger partial charge in [-0.1, -0.05) is 11.6 Å². The number of aromatic hydroxyl groups is 1. The molecule has 104 valence electrons. The van der Waals surface area contributed by atoms with Crippen LogP contribution in [0.4, 0.5) is 0 Å². The molecule has 1 saturated heterocycles. The summed E-state index contributed by atoms with van der Waals surface area (Å²) >= 11 is 5.85.